The molecule has 1 atom stereocenters. The summed E-state index contributed by atoms with van der Waals surface area (Å²) in [6.07, 6.45) is 9.98. The van der Waals surface area contributed by atoms with E-state index in [0.717, 1.165) is 21.9 Å². The Balaban J connectivity index is 0.00000199. The maximum Gasteiger partial charge on any atom is 0.166 e. The van der Waals surface area contributed by atoms with Gasteiger partial charge in [-0.3, -0.25) is 0 Å². The van der Waals surface area contributed by atoms with E-state index in [1.165, 1.54) is 25.2 Å². The van der Waals surface area contributed by atoms with Gasteiger partial charge in [0.05, 0.1) is 15.9 Å². The molecule has 0 bridgehead atoms. The monoisotopic (exact) mass is 507 g/mol. The standard InChI is InChI=1S/C29H30ClS2.CH2O/c1-5-11-26(12-6-2)32(22(4)7-3)27-18-16-25(17-19-27)31-29-20-15-24(21-28(29)30)23-13-9-8-10-14-23;1-2/h5,7-21H,6H2,1-4H3;1H2/q+1;/b11-5-,22-7+,26-12+;. The van der Waals surface area contributed by atoms with Gasteiger partial charge in [0.25, 0.3) is 0 Å². The van der Waals surface area contributed by atoms with Gasteiger partial charge in [0.1, 0.15) is 11.7 Å². The first-order valence-corrected chi connectivity index (χ1v) is 13.6. The van der Waals surface area contributed by atoms with Crippen molar-refractivity contribution < 1.29 is 4.79 Å². The van der Waals surface area contributed by atoms with E-state index in [-0.39, 0.29) is 10.9 Å². The summed E-state index contributed by atoms with van der Waals surface area (Å²) in [4.78, 5) is 14.4. The molecular formula is C30H32ClOS2+. The zero-order valence-electron chi connectivity index (χ0n) is 20.3. The fourth-order valence-electron chi connectivity index (χ4n) is 3.38. The molecule has 0 aliphatic rings. The minimum absolute atomic E-state index is 0.0535. The molecule has 0 saturated carbocycles. The van der Waals surface area contributed by atoms with Crippen LogP contribution in [0.4, 0.5) is 0 Å². The Bertz CT molecular complexity index is 1130. The first-order chi connectivity index (χ1) is 16.6. The largest absolute Gasteiger partial charge is 0.307 e. The summed E-state index contributed by atoms with van der Waals surface area (Å²) in [5.41, 5.74) is 2.32. The van der Waals surface area contributed by atoms with E-state index in [1.54, 1.807) is 11.8 Å². The molecule has 0 aliphatic heterocycles. The Morgan fingerprint density at radius 3 is 2.21 bits per heavy atom. The fourth-order valence-corrected chi connectivity index (χ4v) is 6.76. The van der Waals surface area contributed by atoms with Gasteiger partial charge in [-0.05, 0) is 86.0 Å². The van der Waals surface area contributed by atoms with E-state index in [9.17, 15) is 0 Å². The molecule has 3 aromatic carbocycles. The number of halogens is 1. The van der Waals surface area contributed by atoms with Crippen LogP contribution < -0.4 is 0 Å². The van der Waals surface area contributed by atoms with Crippen LogP contribution in [0, 0.1) is 0 Å². The molecule has 0 saturated heterocycles. The Hall–Kier alpha value is -2.46. The molecule has 0 fully saturated rings. The highest BCUT2D eigenvalue weighted by atomic mass is 35.5. The number of benzene rings is 3. The second-order valence-corrected chi connectivity index (χ2v) is 11.0. The van der Waals surface area contributed by atoms with E-state index >= 15 is 0 Å². The zero-order valence-corrected chi connectivity index (χ0v) is 22.6. The van der Waals surface area contributed by atoms with Gasteiger partial charge in [-0.1, -0.05) is 72.8 Å². The third-order valence-electron chi connectivity index (χ3n) is 5.03. The van der Waals surface area contributed by atoms with Crippen molar-refractivity contribution in [1.82, 2.24) is 0 Å². The molecule has 0 radical (unpaired) electrons. The van der Waals surface area contributed by atoms with Crippen molar-refractivity contribution in [1.29, 1.82) is 0 Å². The average molecular weight is 508 g/mol. The van der Waals surface area contributed by atoms with E-state index in [4.69, 9.17) is 16.4 Å². The minimum Gasteiger partial charge on any atom is -0.307 e. The Labute approximate surface area is 217 Å². The third-order valence-corrected chi connectivity index (χ3v) is 8.93. The molecule has 34 heavy (non-hydrogen) atoms. The van der Waals surface area contributed by atoms with Crippen LogP contribution >= 0.6 is 23.4 Å². The summed E-state index contributed by atoms with van der Waals surface area (Å²) in [5.74, 6) is 0. The van der Waals surface area contributed by atoms with Crippen molar-refractivity contribution in [3.05, 3.63) is 112 Å². The number of hydrogen-bond acceptors (Lipinski definition) is 2. The third kappa shape index (κ3) is 7.53. The van der Waals surface area contributed by atoms with Crippen LogP contribution in [0.3, 0.4) is 0 Å². The lowest BCUT2D eigenvalue weighted by Gasteiger charge is -2.10. The predicted molar refractivity (Wildman–Crippen MR) is 153 cm³/mol. The Kier molecular flexibility index (Phi) is 12.0. The highest BCUT2D eigenvalue weighted by Crippen LogP contribution is 2.37. The Morgan fingerprint density at radius 1 is 0.971 bits per heavy atom. The molecular weight excluding hydrogens is 476 g/mol. The maximum absolute atomic E-state index is 8.00. The molecule has 0 aromatic heterocycles. The quantitative estimate of drug-likeness (QED) is 0.223. The molecule has 0 aliphatic carbocycles. The first-order valence-electron chi connectivity index (χ1n) is 11.2. The van der Waals surface area contributed by atoms with E-state index in [0.29, 0.717) is 0 Å². The second-order valence-electron chi connectivity index (χ2n) is 7.30. The van der Waals surface area contributed by atoms with Crippen molar-refractivity contribution in [2.45, 2.75) is 48.8 Å². The minimum atomic E-state index is -0.0535. The number of allylic oxidation sites excluding steroid dienone is 5. The zero-order chi connectivity index (χ0) is 24.9. The summed E-state index contributed by atoms with van der Waals surface area (Å²) >= 11 is 8.35. The lowest BCUT2D eigenvalue weighted by Crippen LogP contribution is -2.06. The van der Waals surface area contributed by atoms with Crippen molar-refractivity contribution in [2.75, 3.05) is 0 Å². The highest BCUT2D eigenvalue weighted by Gasteiger charge is 2.28. The van der Waals surface area contributed by atoms with Crippen molar-refractivity contribution in [2.24, 2.45) is 0 Å². The van der Waals surface area contributed by atoms with Gasteiger partial charge in [0.15, 0.2) is 9.80 Å². The van der Waals surface area contributed by atoms with Crippen molar-refractivity contribution in [3.8, 4) is 11.1 Å². The molecule has 4 heteroatoms. The first kappa shape index (κ1) is 27.8. The molecule has 3 aromatic rings. The number of carbonyl (C=O) groups is 1. The van der Waals surface area contributed by atoms with Gasteiger partial charge in [-0.25, -0.2) is 0 Å². The summed E-state index contributed by atoms with van der Waals surface area (Å²) in [7, 11) is -0.0535. The van der Waals surface area contributed by atoms with Gasteiger partial charge in [-0.15, -0.1) is 0 Å². The van der Waals surface area contributed by atoms with Crippen molar-refractivity contribution in [3.63, 3.8) is 0 Å². The summed E-state index contributed by atoms with van der Waals surface area (Å²) in [5, 5.41) is 0.784. The van der Waals surface area contributed by atoms with Crippen LogP contribution in [0.5, 0.6) is 0 Å². The second kappa shape index (κ2) is 14.7. The van der Waals surface area contributed by atoms with Gasteiger partial charge in [0, 0.05) is 16.7 Å². The smallest absolute Gasteiger partial charge is 0.166 e. The normalized spacial score (nSPS) is 12.9. The molecule has 3 rings (SSSR count). The van der Waals surface area contributed by atoms with Crippen molar-refractivity contribution >= 4 is 41.0 Å². The van der Waals surface area contributed by atoms with Crippen LogP contribution in [-0.2, 0) is 15.7 Å². The molecule has 0 spiro atoms. The van der Waals surface area contributed by atoms with E-state index in [1.807, 2.05) is 25.0 Å². The fraction of sp³-hybridized carbons (Fsp3) is 0.167. The van der Waals surface area contributed by atoms with E-state index in [2.05, 4.69) is 107 Å². The van der Waals surface area contributed by atoms with Gasteiger partial charge in [-0.2, -0.15) is 0 Å². The van der Waals surface area contributed by atoms with Gasteiger partial charge < -0.3 is 4.79 Å². The van der Waals surface area contributed by atoms with Gasteiger partial charge in [0.2, 0.25) is 0 Å². The lowest BCUT2D eigenvalue weighted by molar-refractivity contribution is -0.0979. The number of rotatable bonds is 8. The predicted octanol–water partition coefficient (Wildman–Crippen LogP) is 9.74. The number of hydrogen-bond donors (Lipinski definition) is 0. The van der Waals surface area contributed by atoms with E-state index < -0.39 is 0 Å². The lowest BCUT2D eigenvalue weighted by atomic mass is 10.1. The van der Waals surface area contributed by atoms with Crippen LogP contribution in [0.25, 0.3) is 11.1 Å². The van der Waals surface area contributed by atoms with Crippen LogP contribution in [0.15, 0.2) is 122 Å². The SMILES string of the molecule is C/C=C\C(=C/CC)[S+](/C(C)=C/C)c1ccc(Sc2ccc(-c3ccccc3)cc2Cl)cc1.C=O. The molecule has 0 heterocycles. The Morgan fingerprint density at radius 2 is 1.65 bits per heavy atom. The maximum atomic E-state index is 8.00. The summed E-state index contributed by atoms with van der Waals surface area (Å²) in [6.45, 7) is 10.6. The molecule has 176 valence electrons. The molecule has 0 N–H and O–H groups in total. The number of carbonyl (C=O) groups excluding carboxylic acids is 1. The summed E-state index contributed by atoms with van der Waals surface area (Å²) < 4.78 is 0. The van der Waals surface area contributed by atoms with Crippen LogP contribution in [0.1, 0.15) is 34.1 Å². The molecule has 0 amide bonds. The van der Waals surface area contributed by atoms with Crippen LogP contribution in [-0.4, -0.2) is 6.79 Å². The summed E-state index contributed by atoms with van der Waals surface area (Å²) in [6, 6.07) is 25.6. The van der Waals surface area contributed by atoms with Crippen LogP contribution in [0.2, 0.25) is 5.02 Å². The highest BCUT2D eigenvalue weighted by molar-refractivity contribution is 8.04. The topological polar surface area (TPSA) is 17.1 Å². The molecule has 1 unspecified atom stereocenters. The van der Waals surface area contributed by atoms with Gasteiger partial charge >= 0.3 is 0 Å². The average Bonchev–Trinajstić information content (AvgIpc) is 2.88. The molecule has 1 nitrogen and oxygen atoms in total.